The van der Waals surface area contributed by atoms with Crippen LogP contribution in [0.2, 0.25) is 0 Å². The normalized spacial score (nSPS) is 37.6. The minimum absolute atomic E-state index is 0.172. The van der Waals surface area contributed by atoms with Crippen LogP contribution >= 0.6 is 0 Å². The SMILES string of the molecule is C=C1CCC(O)C/C1=C/C=C1\CCC[C@]2(C)[C@@H]([C@H](C)CCCC(C)C)CC[C@@H]12. The molecule has 158 valence electrons. The van der Waals surface area contributed by atoms with E-state index in [2.05, 4.69) is 46.4 Å². The van der Waals surface area contributed by atoms with Crippen molar-refractivity contribution in [3.05, 3.63) is 35.5 Å². The fourth-order valence-corrected chi connectivity index (χ4v) is 6.66. The predicted molar refractivity (Wildman–Crippen MR) is 121 cm³/mol. The molecule has 0 aromatic heterocycles. The summed E-state index contributed by atoms with van der Waals surface area (Å²) < 4.78 is 0. The molecule has 0 aromatic rings. The third-order valence-electron chi connectivity index (χ3n) is 8.35. The molecule has 0 amide bonds. The van der Waals surface area contributed by atoms with Crippen LogP contribution in [0.15, 0.2) is 35.5 Å². The second kappa shape index (κ2) is 9.33. The maximum atomic E-state index is 10.0. The highest BCUT2D eigenvalue weighted by Gasteiger charge is 2.50. The van der Waals surface area contributed by atoms with Gasteiger partial charge in [0.1, 0.15) is 0 Å². The van der Waals surface area contributed by atoms with E-state index >= 15 is 0 Å². The van der Waals surface area contributed by atoms with Crippen molar-refractivity contribution in [1.29, 1.82) is 0 Å². The molecule has 0 spiro atoms. The molecule has 1 heteroatoms. The molecule has 3 fully saturated rings. The summed E-state index contributed by atoms with van der Waals surface area (Å²) in [7, 11) is 0. The Bertz CT molecular complexity index is 610. The molecule has 3 rings (SSSR count). The molecule has 3 aliphatic rings. The van der Waals surface area contributed by atoms with Crippen LogP contribution in [-0.4, -0.2) is 11.2 Å². The molecule has 5 atom stereocenters. The van der Waals surface area contributed by atoms with Gasteiger partial charge in [-0.25, -0.2) is 0 Å². The summed E-state index contributed by atoms with van der Waals surface area (Å²) in [6.45, 7) is 14.1. The Hall–Kier alpha value is -0.820. The van der Waals surface area contributed by atoms with Gasteiger partial charge in [-0.2, -0.15) is 0 Å². The molecule has 0 aliphatic heterocycles. The summed E-state index contributed by atoms with van der Waals surface area (Å²) in [5.41, 5.74) is 4.72. The smallest absolute Gasteiger partial charge is 0.0583 e. The monoisotopic (exact) mass is 384 g/mol. The van der Waals surface area contributed by atoms with Crippen molar-refractivity contribution >= 4 is 0 Å². The van der Waals surface area contributed by atoms with Gasteiger partial charge in [-0.05, 0) is 86.0 Å². The molecule has 1 N–H and O–H groups in total. The standard InChI is InChI=1S/C27H44O/c1-19(2)8-6-9-21(4)25-15-16-26-22(10-7-17-27(25,26)5)12-13-23-18-24(28)14-11-20(23)3/h12-13,19,21,24-26,28H,3,6-11,14-18H2,1-2,4-5H3/b22-12+,23-13-/t21-,24?,25-,26+,27-/m1/s1. The van der Waals surface area contributed by atoms with Crippen LogP contribution in [0.1, 0.15) is 98.3 Å². The summed E-state index contributed by atoms with van der Waals surface area (Å²) in [6.07, 6.45) is 18.2. The Labute approximate surface area is 174 Å². The molecule has 3 aliphatic carbocycles. The summed E-state index contributed by atoms with van der Waals surface area (Å²) >= 11 is 0. The van der Waals surface area contributed by atoms with Crippen LogP contribution in [-0.2, 0) is 0 Å². The lowest BCUT2D eigenvalue weighted by molar-refractivity contribution is 0.0929. The van der Waals surface area contributed by atoms with Crippen LogP contribution in [0.3, 0.4) is 0 Å². The van der Waals surface area contributed by atoms with Gasteiger partial charge < -0.3 is 5.11 Å². The number of hydrogen-bond acceptors (Lipinski definition) is 1. The first-order valence-corrected chi connectivity index (χ1v) is 12.1. The molecule has 0 radical (unpaired) electrons. The quantitative estimate of drug-likeness (QED) is 0.499. The number of hydrogen-bond donors (Lipinski definition) is 1. The minimum atomic E-state index is -0.172. The molecule has 3 saturated carbocycles. The van der Waals surface area contributed by atoms with Gasteiger partial charge in [-0.3, -0.25) is 0 Å². The second-order valence-corrected chi connectivity index (χ2v) is 10.8. The zero-order valence-corrected chi connectivity index (χ0v) is 19.0. The third kappa shape index (κ3) is 4.84. The van der Waals surface area contributed by atoms with Crippen molar-refractivity contribution < 1.29 is 5.11 Å². The summed E-state index contributed by atoms with van der Waals surface area (Å²) in [6, 6.07) is 0. The van der Waals surface area contributed by atoms with Crippen molar-refractivity contribution in [2.24, 2.45) is 29.1 Å². The van der Waals surface area contributed by atoms with Crippen LogP contribution in [0.5, 0.6) is 0 Å². The van der Waals surface area contributed by atoms with Gasteiger partial charge in [0.15, 0.2) is 0 Å². The van der Waals surface area contributed by atoms with Crippen LogP contribution < -0.4 is 0 Å². The van der Waals surface area contributed by atoms with Crippen LogP contribution in [0.4, 0.5) is 0 Å². The van der Waals surface area contributed by atoms with Gasteiger partial charge >= 0.3 is 0 Å². The van der Waals surface area contributed by atoms with Gasteiger partial charge in [0.05, 0.1) is 6.10 Å². The van der Waals surface area contributed by atoms with Crippen molar-refractivity contribution in [2.45, 2.75) is 104 Å². The molecule has 1 nitrogen and oxygen atoms in total. The lowest BCUT2D eigenvalue weighted by Crippen LogP contribution is -2.36. The Morgan fingerprint density at radius 1 is 1.11 bits per heavy atom. The summed E-state index contributed by atoms with van der Waals surface area (Å²) in [5, 5.41) is 10.0. The highest BCUT2D eigenvalue weighted by atomic mass is 16.3. The average molecular weight is 385 g/mol. The molecule has 1 unspecified atom stereocenters. The van der Waals surface area contributed by atoms with E-state index in [-0.39, 0.29) is 6.10 Å². The first-order chi connectivity index (χ1) is 13.3. The largest absolute Gasteiger partial charge is 0.393 e. The topological polar surface area (TPSA) is 20.2 Å². The number of rotatable bonds is 6. The Morgan fingerprint density at radius 3 is 2.64 bits per heavy atom. The van der Waals surface area contributed by atoms with E-state index in [0.717, 1.165) is 42.9 Å². The van der Waals surface area contributed by atoms with Crippen molar-refractivity contribution in [3.8, 4) is 0 Å². The Morgan fingerprint density at radius 2 is 1.89 bits per heavy atom. The zero-order chi connectivity index (χ0) is 20.3. The van der Waals surface area contributed by atoms with Crippen LogP contribution in [0, 0.1) is 29.1 Å². The highest BCUT2D eigenvalue weighted by molar-refractivity contribution is 5.36. The summed E-state index contributed by atoms with van der Waals surface area (Å²) in [4.78, 5) is 0. The Balaban J connectivity index is 1.70. The van der Waals surface area contributed by atoms with Gasteiger partial charge in [-0.15, -0.1) is 0 Å². The van der Waals surface area contributed by atoms with E-state index in [1.165, 1.54) is 62.5 Å². The molecule has 28 heavy (non-hydrogen) atoms. The fourth-order valence-electron chi connectivity index (χ4n) is 6.66. The van der Waals surface area contributed by atoms with E-state index in [4.69, 9.17) is 0 Å². The summed E-state index contributed by atoms with van der Waals surface area (Å²) in [5.74, 6) is 3.37. The Kier molecular flexibility index (Phi) is 7.29. The van der Waals surface area contributed by atoms with Gasteiger partial charge in [0, 0.05) is 0 Å². The average Bonchev–Trinajstić information content (AvgIpc) is 2.99. The predicted octanol–water partition coefficient (Wildman–Crippen LogP) is 7.62. The lowest BCUT2D eigenvalue weighted by Gasteiger charge is -2.44. The number of aliphatic hydroxyl groups is 1. The van der Waals surface area contributed by atoms with Gasteiger partial charge in [0.2, 0.25) is 0 Å². The van der Waals surface area contributed by atoms with Gasteiger partial charge in [-0.1, -0.05) is 76.8 Å². The zero-order valence-electron chi connectivity index (χ0n) is 19.0. The highest BCUT2D eigenvalue weighted by Crippen LogP contribution is 2.59. The van der Waals surface area contributed by atoms with Crippen LogP contribution in [0.25, 0.3) is 0 Å². The van der Waals surface area contributed by atoms with Crippen molar-refractivity contribution in [1.82, 2.24) is 0 Å². The van der Waals surface area contributed by atoms with Crippen molar-refractivity contribution in [2.75, 3.05) is 0 Å². The first-order valence-electron chi connectivity index (χ1n) is 12.1. The second-order valence-electron chi connectivity index (χ2n) is 10.8. The molecule has 0 heterocycles. The lowest BCUT2D eigenvalue weighted by atomic mass is 9.60. The number of fused-ring (bicyclic) bond motifs is 1. The molecule has 0 bridgehead atoms. The van der Waals surface area contributed by atoms with E-state index in [0.29, 0.717) is 5.41 Å². The van der Waals surface area contributed by atoms with E-state index < -0.39 is 0 Å². The molecular formula is C27H44O. The van der Waals surface area contributed by atoms with E-state index in [1.807, 2.05) is 0 Å². The first kappa shape index (κ1) is 21.9. The maximum absolute atomic E-state index is 10.0. The molecular weight excluding hydrogens is 340 g/mol. The number of aliphatic hydroxyl groups excluding tert-OH is 1. The third-order valence-corrected chi connectivity index (χ3v) is 8.35. The fraction of sp³-hybridized carbons (Fsp3) is 0.778. The molecule has 0 aromatic carbocycles. The van der Waals surface area contributed by atoms with E-state index in [9.17, 15) is 5.11 Å². The van der Waals surface area contributed by atoms with Crippen molar-refractivity contribution in [3.63, 3.8) is 0 Å². The number of allylic oxidation sites excluding steroid dienone is 4. The minimum Gasteiger partial charge on any atom is -0.393 e. The molecule has 0 saturated heterocycles. The van der Waals surface area contributed by atoms with E-state index in [1.54, 1.807) is 5.57 Å². The maximum Gasteiger partial charge on any atom is 0.0583 e. The van der Waals surface area contributed by atoms with Gasteiger partial charge in [0.25, 0.3) is 0 Å².